The molecule has 2 aliphatic heterocycles. The van der Waals surface area contributed by atoms with E-state index in [1.54, 1.807) is 6.20 Å². The fraction of sp³-hybridized carbons (Fsp3) is 0.722. The lowest BCUT2D eigenvalue weighted by Crippen LogP contribution is -2.68. The third-order valence-corrected chi connectivity index (χ3v) is 8.75. The number of likely N-dealkylation sites (tertiary alicyclic amines) is 1. The molecule has 132 valence electrons. The zero-order valence-electron chi connectivity index (χ0n) is 14.1. The van der Waals surface area contributed by atoms with Gasteiger partial charge in [0.05, 0.1) is 12.4 Å². The minimum atomic E-state index is -3.01. The van der Waals surface area contributed by atoms with E-state index < -0.39 is 14.6 Å². The number of nitrogens with zero attached hydrogens (tertiary/aromatic N) is 2. The van der Waals surface area contributed by atoms with Crippen LogP contribution in [0.5, 0.6) is 5.88 Å². The van der Waals surface area contributed by atoms with Crippen molar-refractivity contribution in [3.8, 4) is 5.88 Å². The summed E-state index contributed by atoms with van der Waals surface area (Å²) in [5.74, 6) is 1.75. The Kier molecular flexibility index (Phi) is 4.29. The number of rotatable bonds is 5. The summed E-state index contributed by atoms with van der Waals surface area (Å²) in [5.41, 5.74) is 0. The van der Waals surface area contributed by atoms with E-state index in [2.05, 4.69) is 9.88 Å². The fourth-order valence-corrected chi connectivity index (χ4v) is 7.18. The van der Waals surface area contributed by atoms with E-state index in [-0.39, 0.29) is 5.92 Å². The normalized spacial score (nSPS) is 28.9. The van der Waals surface area contributed by atoms with Crippen LogP contribution in [-0.2, 0) is 9.84 Å². The van der Waals surface area contributed by atoms with Crippen LogP contribution < -0.4 is 4.74 Å². The molecule has 4 rings (SSSR count). The van der Waals surface area contributed by atoms with Crippen molar-refractivity contribution >= 4 is 9.84 Å². The van der Waals surface area contributed by atoms with Crippen LogP contribution in [0.25, 0.3) is 0 Å². The second-order valence-corrected chi connectivity index (χ2v) is 10.1. The highest BCUT2D eigenvalue weighted by Crippen LogP contribution is 2.45. The molecule has 0 N–H and O–H groups in total. The quantitative estimate of drug-likeness (QED) is 0.814. The molecule has 2 saturated heterocycles. The fourth-order valence-electron chi connectivity index (χ4n) is 4.72. The molecule has 3 fully saturated rings. The van der Waals surface area contributed by atoms with Gasteiger partial charge in [0.1, 0.15) is 4.75 Å². The minimum Gasteiger partial charge on any atom is -0.477 e. The van der Waals surface area contributed by atoms with Gasteiger partial charge in [-0.2, -0.15) is 0 Å². The van der Waals surface area contributed by atoms with Gasteiger partial charge in [-0.25, -0.2) is 13.4 Å². The smallest absolute Gasteiger partial charge is 0.213 e. The maximum atomic E-state index is 12.7. The molecule has 0 aromatic carbocycles. The molecule has 1 atom stereocenters. The van der Waals surface area contributed by atoms with Crippen LogP contribution in [0.4, 0.5) is 0 Å². The third kappa shape index (κ3) is 2.84. The van der Waals surface area contributed by atoms with Crippen LogP contribution in [0, 0.1) is 11.8 Å². The summed E-state index contributed by atoms with van der Waals surface area (Å²) in [7, 11) is -3.01. The second kappa shape index (κ2) is 6.30. The van der Waals surface area contributed by atoms with Gasteiger partial charge in [0.15, 0.2) is 9.84 Å². The van der Waals surface area contributed by atoms with Crippen LogP contribution in [0.1, 0.15) is 32.1 Å². The van der Waals surface area contributed by atoms with Crippen LogP contribution in [-0.4, -0.2) is 55.0 Å². The summed E-state index contributed by atoms with van der Waals surface area (Å²) in [4.78, 5) is 6.52. The second-order valence-electron chi connectivity index (χ2n) is 7.67. The molecule has 0 radical (unpaired) electrons. The van der Waals surface area contributed by atoms with Crippen LogP contribution in [0.2, 0.25) is 0 Å². The predicted octanol–water partition coefficient (Wildman–Crippen LogP) is 2.14. The Bertz CT molecular complexity index is 665. The largest absolute Gasteiger partial charge is 0.477 e. The van der Waals surface area contributed by atoms with Crippen molar-refractivity contribution in [3.05, 3.63) is 24.4 Å². The highest BCUT2D eigenvalue weighted by Gasteiger charge is 2.61. The molecule has 0 unspecified atom stereocenters. The Morgan fingerprint density at radius 3 is 2.71 bits per heavy atom. The molecule has 3 aliphatic rings. The first-order valence-electron chi connectivity index (χ1n) is 9.08. The minimum absolute atomic E-state index is 0.0873. The van der Waals surface area contributed by atoms with Crippen molar-refractivity contribution in [2.75, 3.05) is 32.0 Å². The van der Waals surface area contributed by atoms with Gasteiger partial charge in [-0.3, -0.25) is 4.90 Å². The van der Waals surface area contributed by atoms with E-state index in [0.717, 1.165) is 12.5 Å². The molecular formula is C18H26N2O3S. The van der Waals surface area contributed by atoms with Gasteiger partial charge >= 0.3 is 0 Å². The zero-order chi connectivity index (χ0) is 16.6. The van der Waals surface area contributed by atoms with Gasteiger partial charge < -0.3 is 4.74 Å². The first-order chi connectivity index (χ1) is 11.6. The highest BCUT2D eigenvalue weighted by atomic mass is 32.2. The summed E-state index contributed by atoms with van der Waals surface area (Å²) < 4.78 is 30.6. The SMILES string of the molecule is O=S1(=O)CC[C@@H](COc2ccccn2)C12CN(CC1CCCC1)C2. The summed E-state index contributed by atoms with van der Waals surface area (Å²) in [5, 5.41) is 0. The monoisotopic (exact) mass is 350 g/mol. The Balaban J connectivity index is 1.39. The van der Waals surface area contributed by atoms with Crippen molar-refractivity contribution in [1.29, 1.82) is 0 Å². The van der Waals surface area contributed by atoms with Gasteiger partial charge in [0, 0.05) is 37.8 Å². The average Bonchev–Trinajstić information content (AvgIpc) is 3.13. The molecule has 1 spiro atoms. The predicted molar refractivity (Wildman–Crippen MR) is 92.8 cm³/mol. The van der Waals surface area contributed by atoms with E-state index >= 15 is 0 Å². The molecule has 0 bridgehead atoms. The molecule has 6 heteroatoms. The molecule has 1 aromatic heterocycles. The standard InChI is InChI=1S/C18H26N2O3S/c21-24(22)10-8-16(12-23-17-7-3-4-9-19-17)18(24)13-20(14-18)11-15-5-1-2-6-15/h3-4,7,9,15-16H,1-2,5-6,8,10-14H2/t16-/m0/s1. The lowest BCUT2D eigenvalue weighted by molar-refractivity contribution is 0.0522. The van der Waals surface area contributed by atoms with Crippen molar-refractivity contribution in [2.24, 2.45) is 11.8 Å². The lowest BCUT2D eigenvalue weighted by atomic mass is 9.83. The van der Waals surface area contributed by atoms with E-state index in [4.69, 9.17) is 4.74 Å². The molecular weight excluding hydrogens is 324 g/mol. The maximum absolute atomic E-state index is 12.7. The number of sulfone groups is 1. The topological polar surface area (TPSA) is 59.5 Å². The van der Waals surface area contributed by atoms with Gasteiger partial charge in [-0.1, -0.05) is 18.9 Å². The number of pyridine rings is 1. The summed E-state index contributed by atoms with van der Waals surface area (Å²) in [6.45, 7) is 2.92. The number of hydrogen-bond acceptors (Lipinski definition) is 5. The Labute approximate surface area is 144 Å². The van der Waals surface area contributed by atoms with Gasteiger partial charge in [0.25, 0.3) is 0 Å². The van der Waals surface area contributed by atoms with Crippen molar-refractivity contribution in [3.63, 3.8) is 0 Å². The molecule has 3 heterocycles. The lowest BCUT2D eigenvalue weighted by Gasteiger charge is -2.50. The van der Waals surface area contributed by atoms with E-state index in [1.165, 1.54) is 25.7 Å². The number of hydrogen-bond donors (Lipinski definition) is 0. The van der Waals surface area contributed by atoms with Crippen molar-refractivity contribution < 1.29 is 13.2 Å². The molecule has 0 amide bonds. The van der Waals surface area contributed by atoms with E-state index in [0.29, 0.717) is 37.8 Å². The molecule has 5 nitrogen and oxygen atoms in total. The van der Waals surface area contributed by atoms with E-state index in [9.17, 15) is 8.42 Å². The van der Waals surface area contributed by atoms with Crippen LogP contribution >= 0.6 is 0 Å². The highest BCUT2D eigenvalue weighted by molar-refractivity contribution is 7.93. The van der Waals surface area contributed by atoms with Gasteiger partial charge in [-0.15, -0.1) is 0 Å². The Morgan fingerprint density at radius 1 is 1.21 bits per heavy atom. The van der Waals surface area contributed by atoms with Crippen LogP contribution in [0.15, 0.2) is 24.4 Å². The summed E-state index contributed by atoms with van der Waals surface area (Å²) >= 11 is 0. The summed E-state index contributed by atoms with van der Waals surface area (Å²) in [6.07, 6.45) is 7.70. The van der Waals surface area contributed by atoms with Crippen molar-refractivity contribution in [2.45, 2.75) is 36.9 Å². The first kappa shape index (κ1) is 16.3. The van der Waals surface area contributed by atoms with Crippen LogP contribution in [0.3, 0.4) is 0 Å². The summed E-state index contributed by atoms with van der Waals surface area (Å²) in [6, 6.07) is 5.56. The van der Waals surface area contributed by atoms with Gasteiger partial charge in [0.2, 0.25) is 5.88 Å². The Morgan fingerprint density at radius 2 is 2.00 bits per heavy atom. The third-order valence-electron chi connectivity index (χ3n) is 6.14. The van der Waals surface area contributed by atoms with Crippen molar-refractivity contribution in [1.82, 2.24) is 9.88 Å². The Hall–Kier alpha value is -1.14. The average molecular weight is 350 g/mol. The molecule has 1 aromatic rings. The first-order valence-corrected chi connectivity index (χ1v) is 10.7. The molecule has 24 heavy (non-hydrogen) atoms. The van der Waals surface area contributed by atoms with E-state index in [1.807, 2.05) is 18.2 Å². The molecule has 1 aliphatic carbocycles. The number of aromatic nitrogens is 1. The van der Waals surface area contributed by atoms with Gasteiger partial charge in [-0.05, 0) is 31.2 Å². The zero-order valence-corrected chi connectivity index (χ0v) is 14.9. The molecule has 1 saturated carbocycles. The number of ether oxygens (including phenoxy) is 1. The maximum Gasteiger partial charge on any atom is 0.213 e.